The van der Waals surface area contributed by atoms with E-state index in [0.717, 1.165) is 17.1 Å². The molecular weight excluding hydrogens is 613 g/mol. The third-order valence-corrected chi connectivity index (χ3v) is 8.89. The first-order valence-corrected chi connectivity index (χ1v) is 16.8. The molecular formula is C44H40BN3O2. The molecule has 7 rings (SSSR count). The predicted molar refractivity (Wildman–Crippen MR) is 208 cm³/mol. The van der Waals surface area contributed by atoms with Crippen molar-refractivity contribution in [2.24, 2.45) is 0 Å². The smallest absolute Gasteiger partial charge is 0.377 e. The van der Waals surface area contributed by atoms with Gasteiger partial charge in [0.05, 0.1) is 11.4 Å². The molecule has 6 heteroatoms. The summed E-state index contributed by atoms with van der Waals surface area (Å²) in [6, 6.07) is 66.1. The van der Waals surface area contributed by atoms with Crippen LogP contribution in [-0.2, 0) is 0 Å². The van der Waals surface area contributed by atoms with Crippen LogP contribution >= 0.6 is 0 Å². The van der Waals surface area contributed by atoms with E-state index in [4.69, 9.17) is 4.84 Å². The highest BCUT2D eigenvalue weighted by molar-refractivity contribution is 7.19. The van der Waals surface area contributed by atoms with Crippen LogP contribution in [-0.4, -0.2) is 26.3 Å². The van der Waals surface area contributed by atoms with Gasteiger partial charge in [0.1, 0.15) is 6.15 Å². The van der Waals surface area contributed by atoms with Crippen molar-refractivity contribution in [3.8, 4) is 0 Å². The fraction of sp³-hybridized carbons (Fsp3) is 0.0455. The van der Waals surface area contributed by atoms with Crippen LogP contribution in [0.25, 0.3) is 0 Å². The molecule has 0 saturated carbocycles. The summed E-state index contributed by atoms with van der Waals surface area (Å²) in [6.07, 6.45) is 1.72. The highest BCUT2D eigenvalue weighted by Crippen LogP contribution is 2.25. The summed E-state index contributed by atoms with van der Waals surface area (Å²) in [5.74, 6) is 0. The van der Waals surface area contributed by atoms with Crippen LogP contribution in [0.4, 0.5) is 21.9 Å². The average molecular weight is 654 g/mol. The lowest BCUT2D eigenvalue weighted by atomic mass is 9.13. The fourth-order valence-corrected chi connectivity index (χ4v) is 6.53. The molecule has 50 heavy (non-hydrogen) atoms. The predicted octanol–water partition coefficient (Wildman–Crippen LogP) is 6.49. The molecule has 0 spiro atoms. The van der Waals surface area contributed by atoms with Gasteiger partial charge in [-0.05, 0) is 24.3 Å². The van der Waals surface area contributed by atoms with Gasteiger partial charge in [-0.25, -0.2) is 9.69 Å². The van der Waals surface area contributed by atoms with E-state index in [-0.39, 0.29) is 0 Å². The Hall–Kier alpha value is -6.40. The molecule has 0 N–H and O–H groups in total. The number of benzene rings is 6. The molecule has 1 heterocycles. The van der Waals surface area contributed by atoms with Crippen molar-refractivity contribution in [1.29, 1.82) is 0 Å². The maximum atomic E-state index is 12.8. The van der Waals surface area contributed by atoms with Gasteiger partial charge in [0.15, 0.2) is 0 Å². The molecule has 0 fully saturated rings. The summed E-state index contributed by atoms with van der Waals surface area (Å²) in [6.45, 7) is 0. The fourth-order valence-electron chi connectivity index (χ4n) is 6.53. The van der Waals surface area contributed by atoms with Crippen molar-refractivity contribution in [2.75, 3.05) is 23.9 Å². The molecule has 0 aliphatic heterocycles. The minimum Gasteiger partial charge on any atom is -0.377 e. The third-order valence-electron chi connectivity index (χ3n) is 8.89. The minimum absolute atomic E-state index is 0.486. The van der Waals surface area contributed by atoms with Gasteiger partial charge in [-0.1, -0.05) is 158 Å². The van der Waals surface area contributed by atoms with E-state index in [0.29, 0.717) is 0 Å². The second kappa shape index (κ2) is 16.1. The second-order valence-electron chi connectivity index (χ2n) is 12.2. The molecule has 0 aliphatic rings. The van der Waals surface area contributed by atoms with E-state index in [2.05, 4.69) is 121 Å². The van der Waals surface area contributed by atoms with Crippen molar-refractivity contribution >= 4 is 51.2 Å². The third kappa shape index (κ3) is 7.50. The molecule has 1 amide bonds. The van der Waals surface area contributed by atoms with Crippen molar-refractivity contribution in [3.63, 3.8) is 0 Å². The highest BCUT2D eigenvalue weighted by Gasteiger charge is 2.31. The first-order valence-electron chi connectivity index (χ1n) is 16.8. The van der Waals surface area contributed by atoms with Crippen LogP contribution < -0.4 is 41.2 Å². The Morgan fingerprint density at radius 2 is 0.740 bits per heavy atom. The van der Waals surface area contributed by atoms with E-state index < -0.39 is 12.2 Å². The zero-order chi connectivity index (χ0) is 34.6. The van der Waals surface area contributed by atoms with Crippen LogP contribution in [0, 0.1) is 0 Å². The number of nitrogens with zero attached hydrogens (tertiary/aromatic N) is 3. The van der Waals surface area contributed by atoms with Crippen LogP contribution in [0.1, 0.15) is 0 Å². The van der Waals surface area contributed by atoms with E-state index in [1.54, 1.807) is 12.4 Å². The molecule has 6 aromatic carbocycles. The number of amides is 1. The maximum absolute atomic E-state index is 12.8. The van der Waals surface area contributed by atoms with Gasteiger partial charge in [0.25, 0.3) is 0 Å². The molecule has 0 unspecified atom stereocenters. The zero-order valence-corrected chi connectivity index (χ0v) is 28.4. The number of rotatable bonds is 8. The van der Waals surface area contributed by atoms with Gasteiger partial charge in [0, 0.05) is 36.6 Å². The van der Waals surface area contributed by atoms with E-state index >= 15 is 0 Å². The number of para-hydroxylation sites is 2. The van der Waals surface area contributed by atoms with Gasteiger partial charge in [0.2, 0.25) is 12.4 Å². The largest absolute Gasteiger partial charge is 0.487 e. The molecule has 7 aromatic rings. The van der Waals surface area contributed by atoms with E-state index in [1.165, 1.54) is 31.5 Å². The summed E-state index contributed by atoms with van der Waals surface area (Å²) < 4.78 is 1.40. The maximum Gasteiger partial charge on any atom is 0.487 e. The van der Waals surface area contributed by atoms with Crippen molar-refractivity contribution in [3.05, 3.63) is 207 Å². The van der Waals surface area contributed by atoms with E-state index in [9.17, 15) is 4.79 Å². The summed E-state index contributed by atoms with van der Waals surface area (Å²) in [7, 11) is 3.91. The molecule has 0 saturated heterocycles. The molecule has 1 aromatic heterocycles. The highest BCUT2D eigenvalue weighted by atomic mass is 16.7. The van der Waals surface area contributed by atoms with Gasteiger partial charge in [-0.2, -0.15) is 26.7 Å². The summed E-state index contributed by atoms with van der Waals surface area (Å²) >= 11 is 0. The minimum atomic E-state index is -1.22. The Labute approximate surface area is 295 Å². The van der Waals surface area contributed by atoms with Gasteiger partial charge >= 0.3 is 6.09 Å². The van der Waals surface area contributed by atoms with Gasteiger partial charge < -0.3 is 4.90 Å². The molecule has 246 valence electrons. The summed E-state index contributed by atoms with van der Waals surface area (Å²) in [4.78, 5) is 21.8. The van der Waals surface area contributed by atoms with Crippen LogP contribution in [0.3, 0.4) is 0 Å². The Morgan fingerprint density at radius 3 is 1.04 bits per heavy atom. The van der Waals surface area contributed by atoms with Crippen molar-refractivity contribution in [1.82, 2.24) is 0 Å². The van der Waals surface area contributed by atoms with Crippen LogP contribution in [0.15, 0.2) is 207 Å². The Balaban J connectivity index is 0.000000173. The molecule has 0 aliphatic carbocycles. The average Bonchev–Trinajstić information content (AvgIpc) is 3.18. The molecule has 0 bridgehead atoms. The lowest BCUT2D eigenvalue weighted by molar-refractivity contribution is -0.867. The second-order valence-corrected chi connectivity index (χ2v) is 12.2. The molecule has 0 atom stereocenters. The van der Waals surface area contributed by atoms with Crippen LogP contribution in [0.5, 0.6) is 0 Å². The number of hydrogen-bond donors (Lipinski definition) is 0. The Bertz CT molecular complexity index is 1840. The number of carbonyl (C=O) groups is 1. The summed E-state index contributed by atoms with van der Waals surface area (Å²) in [5.41, 5.74) is 7.86. The Morgan fingerprint density at radius 1 is 0.440 bits per heavy atom. The topological polar surface area (TPSA) is 36.7 Å². The standard InChI is InChI=1S/C24H20B.C20H20N3O2/c1-5-13-21(14-6-1)25(22-15-7-2-8-16-22,23-17-9-3-10-18-23)24-19-11-4-12-20-24;1-21(2)17-13-15-22(16-14-17)25-20(24)23(18-9-5-3-6-10-18)19-11-7-4-8-12-19/h1-20H;3-16H,1-2H3/q-1;+1. The number of carbonyl (C=O) groups excluding carboxylic acids is 1. The van der Waals surface area contributed by atoms with E-state index in [1.807, 2.05) is 91.8 Å². The quantitative estimate of drug-likeness (QED) is 0.139. The monoisotopic (exact) mass is 653 g/mol. The number of pyridine rings is 1. The lowest BCUT2D eigenvalue weighted by Gasteiger charge is -2.44. The summed E-state index contributed by atoms with van der Waals surface area (Å²) in [5, 5.41) is 0. The van der Waals surface area contributed by atoms with Crippen LogP contribution in [0.2, 0.25) is 0 Å². The number of aromatic nitrogens is 1. The number of anilines is 3. The van der Waals surface area contributed by atoms with Crippen molar-refractivity contribution in [2.45, 2.75) is 0 Å². The first kappa shape index (κ1) is 33.5. The number of hydrogen-bond acceptors (Lipinski definition) is 3. The molecule has 0 radical (unpaired) electrons. The molecule has 5 nitrogen and oxygen atoms in total. The normalized spacial score (nSPS) is 10.7. The SMILES string of the molecule is CN(C)c1cc[n+](OC(=O)N(c2ccccc2)c2ccccc2)cc1.c1ccc([B-](c2ccccc2)(c2ccccc2)c2ccccc2)cc1. The lowest BCUT2D eigenvalue weighted by Crippen LogP contribution is -2.74. The van der Waals surface area contributed by atoms with Crippen molar-refractivity contribution < 1.29 is 14.4 Å². The first-order chi connectivity index (χ1) is 24.6. The van der Waals surface area contributed by atoms with Gasteiger partial charge in [-0.3, -0.25) is 0 Å². The Kier molecular flexibility index (Phi) is 10.8. The zero-order valence-electron chi connectivity index (χ0n) is 28.4. The van der Waals surface area contributed by atoms with Gasteiger partial charge in [-0.15, -0.1) is 0 Å².